The van der Waals surface area contributed by atoms with Gasteiger partial charge in [-0.15, -0.1) is 0 Å². The number of aromatic nitrogens is 4. The van der Waals surface area contributed by atoms with Crippen molar-refractivity contribution in [1.29, 1.82) is 0 Å². The molecule has 0 aliphatic heterocycles. The molecule has 0 aliphatic rings. The zero-order valence-corrected chi connectivity index (χ0v) is 42.5. The van der Waals surface area contributed by atoms with Crippen molar-refractivity contribution < 1.29 is 18.3 Å². The third-order valence-electron chi connectivity index (χ3n) is 12.6. The van der Waals surface area contributed by atoms with E-state index in [-0.39, 0.29) is 0 Å². The van der Waals surface area contributed by atoms with Gasteiger partial charge in [-0.05, 0) is 122 Å². The van der Waals surface area contributed by atoms with Crippen LogP contribution in [0.5, 0.6) is 0 Å². The molecule has 0 N–H and O–H groups in total. The maximum Gasteiger partial charge on any atom is 0.215 e. The topological polar surface area (TPSA) is 15.5 Å². The van der Waals surface area contributed by atoms with Crippen LogP contribution in [0, 0.1) is 27.7 Å². The van der Waals surface area contributed by atoms with Crippen LogP contribution in [0.1, 0.15) is 97.9 Å². The zero-order chi connectivity index (χ0) is 47.9. The third kappa shape index (κ3) is 12.8. The summed E-state index contributed by atoms with van der Waals surface area (Å²) in [7, 11) is 8.43. The van der Waals surface area contributed by atoms with Gasteiger partial charge in [0.25, 0.3) is 0 Å². The zero-order valence-electron chi connectivity index (χ0n) is 42.5. The quantitative estimate of drug-likeness (QED) is 0.135. The number of hydrogen-bond acceptors (Lipinski definition) is 0. The average molecular weight is 877 g/mol. The molecule has 0 saturated carbocycles. The van der Waals surface area contributed by atoms with Crippen molar-refractivity contribution in [3.05, 3.63) is 215 Å². The first-order valence-electron chi connectivity index (χ1n) is 23.8. The van der Waals surface area contributed by atoms with Crippen LogP contribution >= 0.6 is 0 Å². The number of rotatable bonds is 8. The highest BCUT2D eigenvalue weighted by Crippen LogP contribution is 2.29. The number of benzene rings is 4. The number of hydrogen-bond donors (Lipinski definition) is 0. The molecule has 0 fully saturated rings. The molecule has 4 heteroatoms. The molecule has 0 unspecified atom stereocenters. The normalized spacial score (nSPS) is 10.7. The molecule has 0 aliphatic carbocycles. The van der Waals surface area contributed by atoms with Gasteiger partial charge in [0, 0.05) is 69.8 Å². The van der Waals surface area contributed by atoms with E-state index in [4.69, 9.17) is 0 Å². The first kappa shape index (κ1) is 50.5. The van der Waals surface area contributed by atoms with E-state index in [9.17, 15) is 0 Å². The largest absolute Gasteiger partial charge is 0.215 e. The molecule has 0 spiro atoms. The monoisotopic (exact) mass is 877 g/mol. The van der Waals surface area contributed by atoms with Crippen LogP contribution in [0.15, 0.2) is 170 Å². The van der Waals surface area contributed by atoms with E-state index >= 15 is 0 Å². The van der Waals surface area contributed by atoms with Gasteiger partial charge in [-0.2, -0.15) is 0 Å². The van der Waals surface area contributed by atoms with Gasteiger partial charge in [0.2, 0.25) is 22.8 Å². The summed E-state index contributed by atoms with van der Waals surface area (Å²) in [6.07, 6.45) is 10.7. The molecule has 4 aromatic carbocycles. The second-order valence-corrected chi connectivity index (χ2v) is 18.2. The molecule has 4 aromatic heterocycles. The van der Waals surface area contributed by atoms with Crippen LogP contribution in [0.3, 0.4) is 0 Å². The summed E-state index contributed by atoms with van der Waals surface area (Å²) in [4.78, 5) is 0. The summed E-state index contributed by atoms with van der Waals surface area (Å²) in [6.45, 7) is 22.0. The fraction of sp³-hybridized carbons (Fsp3) is 0.290. The van der Waals surface area contributed by atoms with Gasteiger partial charge in [-0.25, -0.2) is 18.3 Å². The van der Waals surface area contributed by atoms with E-state index in [0.717, 1.165) is 12.8 Å². The Morgan fingerprint density at radius 2 is 0.803 bits per heavy atom. The minimum absolute atomic E-state index is 0.539. The van der Waals surface area contributed by atoms with Crippen LogP contribution in [0.4, 0.5) is 0 Å². The standard InChI is InChI=1S/2C16H20N.2C15H18N/c1-12(2)14-10-7-11-17(4)16(14)15-9-6-5-8-13(15)3;1-12(2)14-9-10-17(4)16(11-14)15-8-6-5-7-13(15)3;1-4-13-9-7-11-16(3)15(13)14-10-6-5-8-12(14)2;1-4-13-9-10-16(3)15(11-13)14-8-6-5-7-12(14)2/h2*5-12H,1-4H3;2*5-11H,4H2,1-3H3/q4*+1. The van der Waals surface area contributed by atoms with Gasteiger partial charge in [-0.1, -0.05) is 114 Å². The Morgan fingerprint density at radius 3 is 1.26 bits per heavy atom. The van der Waals surface area contributed by atoms with Crippen LogP contribution in [-0.4, -0.2) is 0 Å². The van der Waals surface area contributed by atoms with Gasteiger partial charge < -0.3 is 0 Å². The molecule has 340 valence electrons. The average Bonchev–Trinajstić information content (AvgIpc) is 3.31. The van der Waals surface area contributed by atoms with Crippen molar-refractivity contribution in [2.45, 2.75) is 93.9 Å². The molecule has 66 heavy (non-hydrogen) atoms. The molecule has 8 rings (SSSR count). The summed E-state index contributed by atoms with van der Waals surface area (Å²) >= 11 is 0. The van der Waals surface area contributed by atoms with Crippen molar-refractivity contribution in [3.63, 3.8) is 0 Å². The van der Waals surface area contributed by atoms with E-state index in [0.29, 0.717) is 11.8 Å². The summed E-state index contributed by atoms with van der Waals surface area (Å²) in [5.41, 5.74) is 21.4. The van der Waals surface area contributed by atoms with E-state index in [1.54, 1.807) is 0 Å². The second-order valence-electron chi connectivity index (χ2n) is 18.2. The second kappa shape index (κ2) is 24.1. The Bertz CT molecular complexity index is 2830. The van der Waals surface area contributed by atoms with E-state index in [2.05, 4.69) is 286 Å². The summed E-state index contributed by atoms with van der Waals surface area (Å²) in [5.74, 6) is 1.11. The summed E-state index contributed by atoms with van der Waals surface area (Å²) in [5, 5.41) is 0. The maximum absolute atomic E-state index is 2.30. The molecule has 0 saturated heterocycles. The van der Waals surface area contributed by atoms with Gasteiger partial charge in [0.05, 0.1) is 0 Å². The molecule has 0 bridgehead atoms. The van der Waals surface area contributed by atoms with Gasteiger partial charge in [0.15, 0.2) is 24.8 Å². The molecule has 0 amide bonds. The van der Waals surface area contributed by atoms with Gasteiger partial charge >= 0.3 is 0 Å². The lowest BCUT2D eigenvalue weighted by atomic mass is 9.94. The summed E-state index contributed by atoms with van der Waals surface area (Å²) in [6, 6.07) is 51.9. The summed E-state index contributed by atoms with van der Waals surface area (Å²) < 4.78 is 8.80. The minimum Gasteiger partial charge on any atom is -0.201 e. The molecule has 0 atom stereocenters. The first-order chi connectivity index (χ1) is 31.7. The number of nitrogens with zero attached hydrogens (tertiary/aromatic N) is 4. The van der Waals surface area contributed by atoms with Crippen LogP contribution in [-0.2, 0) is 41.0 Å². The fourth-order valence-corrected chi connectivity index (χ4v) is 8.47. The lowest BCUT2D eigenvalue weighted by molar-refractivity contribution is -0.660. The SMILES string of the molecule is CCc1cc[n+](C)c(-c2ccccc2C)c1.CCc1ccc[n+](C)c1-c1ccccc1C.Cc1ccccc1-c1c(C(C)C)ccc[n+]1C.Cc1ccccc1-c1cc(C(C)C)cc[n+]1C. The molecular formula is C62H76N4+4. The highest BCUT2D eigenvalue weighted by molar-refractivity contribution is 5.66. The number of pyridine rings is 4. The van der Waals surface area contributed by atoms with Gasteiger partial charge in [-0.3, -0.25) is 0 Å². The van der Waals surface area contributed by atoms with Crippen LogP contribution in [0.25, 0.3) is 45.0 Å². The van der Waals surface area contributed by atoms with Crippen molar-refractivity contribution in [2.75, 3.05) is 0 Å². The van der Waals surface area contributed by atoms with Crippen molar-refractivity contribution in [3.8, 4) is 45.0 Å². The van der Waals surface area contributed by atoms with Gasteiger partial charge in [0.1, 0.15) is 28.2 Å². The van der Waals surface area contributed by atoms with Crippen molar-refractivity contribution in [2.24, 2.45) is 28.2 Å². The highest BCUT2D eigenvalue weighted by Gasteiger charge is 2.20. The Balaban J connectivity index is 0.000000165. The Morgan fingerprint density at radius 1 is 0.379 bits per heavy atom. The Labute approximate surface area is 398 Å². The third-order valence-corrected chi connectivity index (χ3v) is 12.6. The minimum atomic E-state index is 0.539. The van der Waals surface area contributed by atoms with Crippen LogP contribution < -0.4 is 18.3 Å². The predicted octanol–water partition coefficient (Wildman–Crippen LogP) is 13.3. The first-order valence-corrected chi connectivity index (χ1v) is 23.8. The Kier molecular flexibility index (Phi) is 18.5. The van der Waals surface area contributed by atoms with E-state index in [1.165, 1.54) is 89.5 Å². The molecule has 0 radical (unpaired) electrons. The molecule has 8 aromatic rings. The predicted molar refractivity (Wildman–Crippen MR) is 278 cm³/mol. The number of aryl methyl sites for hydroxylation is 10. The highest BCUT2D eigenvalue weighted by atomic mass is 14.9. The molecule has 4 nitrogen and oxygen atoms in total. The molecule has 4 heterocycles. The van der Waals surface area contributed by atoms with Crippen LogP contribution in [0.2, 0.25) is 0 Å². The van der Waals surface area contributed by atoms with E-state index in [1.807, 2.05) is 0 Å². The molecular weight excluding hydrogens is 801 g/mol. The van der Waals surface area contributed by atoms with Crippen molar-refractivity contribution in [1.82, 2.24) is 0 Å². The van der Waals surface area contributed by atoms with E-state index < -0.39 is 0 Å². The lowest BCUT2D eigenvalue weighted by Crippen LogP contribution is -2.32. The maximum atomic E-state index is 2.30. The fourth-order valence-electron chi connectivity index (χ4n) is 8.47. The van der Waals surface area contributed by atoms with Crippen molar-refractivity contribution >= 4 is 0 Å². The lowest BCUT2D eigenvalue weighted by Gasteiger charge is -2.11. The smallest absolute Gasteiger partial charge is 0.201 e. The Hall–Kier alpha value is -6.52.